The summed E-state index contributed by atoms with van der Waals surface area (Å²) in [5.41, 5.74) is -0.350. The predicted octanol–water partition coefficient (Wildman–Crippen LogP) is 1.80. The second-order valence-corrected chi connectivity index (χ2v) is 4.89. The van der Waals surface area contributed by atoms with Crippen LogP contribution in [0.3, 0.4) is 0 Å². The number of cyclic esters (lactones) is 1. The zero-order valence-electron chi connectivity index (χ0n) is 12.5. The topological polar surface area (TPSA) is 84.2 Å². The van der Waals surface area contributed by atoms with E-state index in [-0.39, 0.29) is 16.9 Å². The van der Waals surface area contributed by atoms with E-state index in [0.29, 0.717) is 16.7 Å². The molecule has 0 amide bonds. The van der Waals surface area contributed by atoms with Gasteiger partial charge in [0, 0.05) is 25.5 Å². The van der Waals surface area contributed by atoms with E-state index >= 15 is 0 Å². The Morgan fingerprint density at radius 2 is 1.82 bits per heavy atom. The summed E-state index contributed by atoms with van der Waals surface area (Å²) in [6, 6.07) is 3.18. The lowest BCUT2D eigenvalue weighted by Crippen LogP contribution is -2.24. The predicted molar refractivity (Wildman–Crippen MR) is 75.4 cm³/mol. The Morgan fingerprint density at radius 1 is 1.09 bits per heavy atom. The molecule has 7 heteroatoms. The lowest BCUT2D eigenvalue weighted by molar-refractivity contribution is -0.171. The molecule has 2 aromatic rings. The fraction of sp³-hybridized carbons (Fsp3) is 0.333. The minimum atomic E-state index is -1.35. The van der Waals surface area contributed by atoms with Gasteiger partial charge in [-0.1, -0.05) is 0 Å². The molecular weight excluding hydrogens is 292 g/mol. The normalized spacial score (nSPS) is 19.9. The summed E-state index contributed by atoms with van der Waals surface area (Å²) in [5.74, 6) is -1.52. The molecule has 1 aliphatic heterocycles. The molecule has 0 saturated carbocycles. The van der Waals surface area contributed by atoms with Crippen molar-refractivity contribution in [1.29, 1.82) is 0 Å². The number of hydrogen-bond donors (Lipinski definition) is 0. The minimum Gasteiger partial charge on any atom is -0.497 e. The van der Waals surface area contributed by atoms with Crippen molar-refractivity contribution in [3.8, 4) is 11.5 Å². The standard InChI is InChI=1S/C15H14O7/c1-15(20-4)11-8-5-7(18-2)6-9(19-3)10(8)13(16)21-12(11)14(17)22-15/h5-6H,1-4H3. The zero-order chi connectivity index (χ0) is 16.1. The van der Waals surface area contributed by atoms with E-state index in [1.807, 2.05) is 0 Å². The highest BCUT2D eigenvalue weighted by atomic mass is 16.7. The maximum absolute atomic E-state index is 12.2. The molecule has 0 aliphatic carbocycles. The lowest BCUT2D eigenvalue weighted by atomic mass is 10.00. The van der Waals surface area contributed by atoms with Gasteiger partial charge in [-0.3, -0.25) is 0 Å². The maximum atomic E-state index is 12.2. The molecule has 7 nitrogen and oxygen atoms in total. The van der Waals surface area contributed by atoms with Crippen LogP contribution in [0.2, 0.25) is 0 Å². The molecule has 2 heterocycles. The summed E-state index contributed by atoms with van der Waals surface area (Å²) in [6.45, 7) is 1.57. The SMILES string of the molecule is COc1cc(OC)c2c(=O)oc3c(c2c1)C(C)(OC)OC3=O. The average Bonchev–Trinajstić information content (AvgIpc) is 2.77. The third kappa shape index (κ3) is 1.79. The Morgan fingerprint density at radius 3 is 2.41 bits per heavy atom. The summed E-state index contributed by atoms with van der Waals surface area (Å²) in [4.78, 5) is 24.2. The van der Waals surface area contributed by atoms with Crippen molar-refractivity contribution in [3.63, 3.8) is 0 Å². The van der Waals surface area contributed by atoms with Gasteiger partial charge in [-0.2, -0.15) is 0 Å². The van der Waals surface area contributed by atoms with Crippen molar-refractivity contribution in [2.45, 2.75) is 12.7 Å². The molecule has 1 aromatic carbocycles. The quantitative estimate of drug-likeness (QED) is 0.799. The number of esters is 1. The van der Waals surface area contributed by atoms with Gasteiger partial charge in [-0.25, -0.2) is 9.59 Å². The molecule has 0 radical (unpaired) electrons. The number of carbonyl (C=O) groups is 1. The molecule has 0 N–H and O–H groups in total. The van der Waals surface area contributed by atoms with E-state index in [1.165, 1.54) is 21.3 Å². The molecular formula is C15H14O7. The van der Waals surface area contributed by atoms with Crippen molar-refractivity contribution >= 4 is 16.7 Å². The van der Waals surface area contributed by atoms with Gasteiger partial charge in [-0.05, 0) is 6.07 Å². The van der Waals surface area contributed by atoms with Crippen LogP contribution in [-0.4, -0.2) is 27.3 Å². The van der Waals surface area contributed by atoms with E-state index in [4.69, 9.17) is 23.4 Å². The Hall–Kier alpha value is -2.54. The van der Waals surface area contributed by atoms with Gasteiger partial charge in [0.25, 0.3) is 0 Å². The molecule has 0 bridgehead atoms. The van der Waals surface area contributed by atoms with Gasteiger partial charge in [0.1, 0.15) is 16.9 Å². The number of ether oxygens (including phenoxy) is 4. The highest BCUT2D eigenvalue weighted by Gasteiger charge is 2.46. The summed E-state index contributed by atoms with van der Waals surface area (Å²) in [7, 11) is 4.32. The van der Waals surface area contributed by atoms with Gasteiger partial charge in [0.15, 0.2) is 0 Å². The van der Waals surface area contributed by atoms with E-state index in [2.05, 4.69) is 0 Å². The fourth-order valence-corrected chi connectivity index (χ4v) is 2.61. The molecule has 0 spiro atoms. The van der Waals surface area contributed by atoms with Crippen LogP contribution in [0.1, 0.15) is 23.0 Å². The van der Waals surface area contributed by atoms with Crippen LogP contribution in [0.25, 0.3) is 10.8 Å². The van der Waals surface area contributed by atoms with Gasteiger partial charge >= 0.3 is 11.6 Å². The average molecular weight is 306 g/mol. The molecule has 116 valence electrons. The second-order valence-electron chi connectivity index (χ2n) is 4.89. The summed E-state index contributed by atoms with van der Waals surface area (Å²) in [5, 5.41) is 0.626. The number of hydrogen-bond acceptors (Lipinski definition) is 7. The van der Waals surface area contributed by atoms with Crippen molar-refractivity contribution < 1.29 is 28.2 Å². The second kappa shape index (κ2) is 4.74. The molecule has 0 fully saturated rings. The number of benzene rings is 1. The van der Waals surface area contributed by atoms with Crippen LogP contribution >= 0.6 is 0 Å². The van der Waals surface area contributed by atoms with Gasteiger partial charge in [-0.15, -0.1) is 0 Å². The van der Waals surface area contributed by atoms with Crippen LogP contribution in [-0.2, 0) is 15.3 Å². The molecule has 3 rings (SSSR count). The summed E-state index contributed by atoms with van der Waals surface area (Å²) in [6.07, 6.45) is 0. The smallest absolute Gasteiger partial charge is 0.377 e. The number of fused-ring (bicyclic) bond motifs is 3. The van der Waals surface area contributed by atoms with E-state index in [9.17, 15) is 9.59 Å². The monoisotopic (exact) mass is 306 g/mol. The Kier molecular flexibility index (Phi) is 3.10. The van der Waals surface area contributed by atoms with Crippen LogP contribution in [0.5, 0.6) is 11.5 Å². The van der Waals surface area contributed by atoms with Gasteiger partial charge in [0.2, 0.25) is 11.5 Å². The van der Waals surface area contributed by atoms with Crippen LogP contribution < -0.4 is 15.1 Å². The molecule has 0 saturated heterocycles. The van der Waals surface area contributed by atoms with Crippen LogP contribution in [0, 0.1) is 0 Å². The molecule has 1 aliphatic rings. The van der Waals surface area contributed by atoms with Gasteiger partial charge in [0.05, 0.1) is 19.8 Å². The first kappa shape index (κ1) is 14.4. The zero-order valence-corrected chi connectivity index (χ0v) is 12.5. The summed E-state index contributed by atoms with van der Waals surface area (Å²) >= 11 is 0. The van der Waals surface area contributed by atoms with Gasteiger partial charge < -0.3 is 23.4 Å². The molecule has 1 aromatic heterocycles. The Labute approximate surface area is 125 Å². The minimum absolute atomic E-state index is 0.169. The van der Waals surface area contributed by atoms with E-state index < -0.39 is 17.4 Å². The first-order valence-corrected chi connectivity index (χ1v) is 6.47. The van der Waals surface area contributed by atoms with E-state index in [1.54, 1.807) is 19.1 Å². The number of methoxy groups -OCH3 is 3. The van der Waals surface area contributed by atoms with Crippen LogP contribution in [0.15, 0.2) is 21.3 Å². The molecule has 1 atom stereocenters. The Balaban J connectivity index is 2.52. The molecule has 1 unspecified atom stereocenters. The van der Waals surface area contributed by atoms with Crippen molar-refractivity contribution in [3.05, 3.63) is 33.9 Å². The lowest BCUT2D eigenvalue weighted by Gasteiger charge is -2.22. The molecule has 22 heavy (non-hydrogen) atoms. The van der Waals surface area contributed by atoms with Crippen molar-refractivity contribution in [2.24, 2.45) is 0 Å². The fourth-order valence-electron chi connectivity index (χ4n) is 2.61. The number of carbonyl (C=O) groups excluding carboxylic acids is 1. The van der Waals surface area contributed by atoms with Crippen molar-refractivity contribution in [1.82, 2.24) is 0 Å². The third-order valence-electron chi connectivity index (χ3n) is 3.74. The van der Waals surface area contributed by atoms with Crippen LogP contribution in [0.4, 0.5) is 0 Å². The highest BCUT2D eigenvalue weighted by molar-refractivity contribution is 6.01. The van der Waals surface area contributed by atoms with Crippen molar-refractivity contribution in [2.75, 3.05) is 21.3 Å². The largest absolute Gasteiger partial charge is 0.497 e. The highest BCUT2D eigenvalue weighted by Crippen LogP contribution is 2.43. The number of rotatable bonds is 3. The third-order valence-corrected chi connectivity index (χ3v) is 3.74. The first-order chi connectivity index (χ1) is 10.4. The summed E-state index contributed by atoms with van der Waals surface area (Å²) < 4.78 is 26.1. The van der Waals surface area contributed by atoms with E-state index in [0.717, 1.165) is 0 Å². The Bertz CT molecular complexity index is 836. The first-order valence-electron chi connectivity index (χ1n) is 6.47. The maximum Gasteiger partial charge on any atom is 0.377 e.